The van der Waals surface area contributed by atoms with E-state index in [1.54, 1.807) is 0 Å². The molecule has 6 unspecified atom stereocenters. The maximum absolute atomic E-state index is 6.34. The number of alkyl halides is 1. The molecule has 0 amide bonds. The van der Waals surface area contributed by atoms with E-state index in [9.17, 15) is 0 Å². The maximum atomic E-state index is 6.34. The molecule has 2 heterocycles. The summed E-state index contributed by atoms with van der Waals surface area (Å²) in [6.45, 7) is 4.50. The topological polar surface area (TPSA) is 51.4 Å². The zero-order chi connectivity index (χ0) is 14.8. The predicted molar refractivity (Wildman–Crippen MR) is 86.6 cm³/mol. The Labute approximate surface area is 133 Å². The first kappa shape index (κ1) is 16.0. The van der Waals surface area contributed by atoms with Crippen molar-refractivity contribution in [2.45, 2.75) is 94.9 Å². The minimum absolute atomic E-state index is 0.234. The van der Waals surface area contributed by atoms with Gasteiger partial charge in [0.05, 0.1) is 12.3 Å². The van der Waals surface area contributed by atoms with Crippen LogP contribution in [0.15, 0.2) is 0 Å². The Hall–Kier alpha value is 0.0900. The van der Waals surface area contributed by atoms with Crippen LogP contribution in [0, 0.1) is 0 Å². The van der Waals surface area contributed by atoms with Gasteiger partial charge in [-0.05, 0) is 39.0 Å². The number of fused-ring (bicyclic) bond motifs is 1. The SMILES string of the molecule is CCCC1NC2NC(C)CC(NC3CCCC(Cl)C3)N2N1. The minimum Gasteiger partial charge on any atom is -0.298 e. The van der Waals surface area contributed by atoms with Crippen molar-refractivity contribution in [2.75, 3.05) is 0 Å². The monoisotopic (exact) mass is 315 g/mol. The lowest BCUT2D eigenvalue weighted by Gasteiger charge is -2.43. The Morgan fingerprint density at radius 3 is 2.86 bits per heavy atom. The molecular weight excluding hydrogens is 286 g/mol. The molecule has 3 rings (SSSR count). The third-order valence-corrected chi connectivity index (χ3v) is 5.31. The molecule has 0 spiro atoms. The predicted octanol–water partition coefficient (Wildman–Crippen LogP) is 1.65. The van der Waals surface area contributed by atoms with Crippen molar-refractivity contribution < 1.29 is 0 Å². The Balaban J connectivity index is 1.60. The molecule has 1 aliphatic carbocycles. The second kappa shape index (κ2) is 7.11. The normalized spacial score (nSPS) is 44.7. The summed E-state index contributed by atoms with van der Waals surface area (Å²) in [6.07, 6.45) is 9.24. The molecular formula is C15H30ClN5. The van der Waals surface area contributed by atoms with E-state index in [0.29, 0.717) is 29.8 Å². The largest absolute Gasteiger partial charge is 0.298 e. The quantitative estimate of drug-likeness (QED) is 0.595. The van der Waals surface area contributed by atoms with Gasteiger partial charge in [0.15, 0.2) is 0 Å². The Morgan fingerprint density at radius 2 is 2.10 bits per heavy atom. The number of nitrogens with zero attached hydrogens (tertiary/aromatic N) is 1. The highest BCUT2D eigenvalue weighted by molar-refractivity contribution is 6.20. The van der Waals surface area contributed by atoms with E-state index in [-0.39, 0.29) is 6.29 Å². The summed E-state index contributed by atoms with van der Waals surface area (Å²) in [5.41, 5.74) is 3.63. The third-order valence-electron chi connectivity index (χ3n) is 4.91. The lowest BCUT2D eigenvalue weighted by atomic mass is 9.94. The maximum Gasteiger partial charge on any atom is 0.130 e. The third kappa shape index (κ3) is 3.89. The summed E-state index contributed by atoms with van der Waals surface area (Å²) in [7, 11) is 0. The molecule has 21 heavy (non-hydrogen) atoms. The highest BCUT2D eigenvalue weighted by atomic mass is 35.5. The molecule has 5 nitrogen and oxygen atoms in total. The minimum atomic E-state index is 0.234. The van der Waals surface area contributed by atoms with Gasteiger partial charge in [0.25, 0.3) is 0 Å². The molecule has 0 aromatic heterocycles. The van der Waals surface area contributed by atoms with E-state index in [1.165, 1.54) is 25.7 Å². The summed E-state index contributed by atoms with van der Waals surface area (Å²) in [5, 5.41) is 13.8. The van der Waals surface area contributed by atoms with Crippen molar-refractivity contribution in [3.8, 4) is 0 Å². The fourth-order valence-corrected chi connectivity index (χ4v) is 4.25. The van der Waals surface area contributed by atoms with Crippen molar-refractivity contribution in [1.29, 1.82) is 0 Å². The van der Waals surface area contributed by atoms with Crippen molar-refractivity contribution in [3.63, 3.8) is 0 Å². The zero-order valence-corrected chi connectivity index (χ0v) is 14.0. The summed E-state index contributed by atoms with van der Waals surface area (Å²) in [6, 6.07) is 1.08. The van der Waals surface area contributed by atoms with Crippen LogP contribution < -0.4 is 21.4 Å². The number of nitrogens with one attached hydrogen (secondary N) is 4. The fraction of sp³-hybridized carbons (Fsp3) is 1.00. The standard InChI is InChI=1S/C15H30ClN5/c1-3-5-13-19-15-17-10(2)8-14(21(15)20-13)18-12-7-4-6-11(16)9-12/h10-15,17-20H,3-9H2,1-2H3. The smallest absolute Gasteiger partial charge is 0.130 e. The molecule has 6 heteroatoms. The summed E-state index contributed by atoms with van der Waals surface area (Å²) < 4.78 is 0. The summed E-state index contributed by atoms with van der Waals surface area (Å²) in [4.78, 5) is 0. The fourth-order valence-electron chi connectivity index (χ4n) is 3.89. The molecule has 1 saturated carbocycles. The van der Waals surface area contributed by atoms with Gasteiger partial charge < -0.3 is 0 Å². The lowest BCUT2D eigenvalue weighted by Crippen LogP contribution is -2.67. The van der Waals surface area contributed by atoms with Crippen LogP contribution in [0.5, 0.6) is 0 Å². The van der Waals surface area contributed by atoms with E-state index in [2.05, 4.69) is 40.2 Å². The van der Waals surface area contributed by atoms with Crippen molar-refractivity contribution in [1.82, 2.24) is 26.4 Å². The summed E-state index contributed by atoms with van der Waals surface area (Å²) in [5.74, 6) is 0. The van der Waals surface area contributed by atoms with Crippen LogP contribution in [0.2, 0.25) is 0 Å². The van der Waals surface area contributed by atoms with Crippen LogP contribution in [-0.2, 0) is 0 Å². The van der Waals surface area contributed by atoms with E-state index < -0.39 is 0 Å². The molecule has 3 aliphatic rings. The van der Waals surface area contributed by atoms with E-state index >= 15 is 0 Å². The van der Waals surface area contributed by atoms with E-state index in [4.69, 9.17) is 11.6 Å². The van der Waals surface area contributed by atoms with Crippen LogP contribution in [-0.4, -0.2) is 41.1 Å². The van der Waals surface area contributed by atoms with Crippen molar-refractivity contribution >= 4 is 11.6 Å². The van der Waals surface area contributed by atoms with Crippen LogP contribution in [0.3, 0.4) is 0 Å². The van der Waals surface area contributed by atoms with Gasteiger partial charge in [-0.15, -0.1) is 11.6 Å². The van der Waals surface area contributed by atoms with Gasteiger partial charge in [0, 0.05) is 17.5 Å². The van der Waals surface area contributed by atoms with Crippen molar-refractivity contribution in [2.24, 2.45) is 0 Å². The van der Waals surface area contributed by atoms with Gasteiger partial charge in [-0.2, -0.15) is 5.01 Å². The molecule has 2 saturated heterocycles. The number of rotatable bonds is 4. The second-order valence-electron chi connectivity index (χ2n) is 6.89. The molecule has 2 aliphatic heterocycles. The molecule has 0 aromatic carbocycles. The van der Waals surface area contributed by atoms with Crippen LogP contribution in [0.1, 0.15) is 58.8 Å². The molecule has 0 aromatic rings. The van der Waals surface area contributed by atoms with Gasteiger partial charge in [-0.3, -0.25) is 16.0 Å². The van der Waals surface area contributed by atoms with Gasteiger partial charge in [-0.25, -0.2) is 5.43 Å². The zero-order valence-electron chi connectivity index (χ0n) is 13.2. The average Bonchev–Trinajstić information content (AvgIpc) is 2.81. The van der Waals surface area contributed by atoms with Gasteiger partial charge in [-0.1, -0.05) is 19.8 Å². The van der Waals surface area contributed by atoms with Gasteiger partial charge in [0.2, 0.25) is 0 Å². The number of hydrogen-bond donors (Lipinski definition) is 4. The first-order valence-corrected chi connectivity index (χ1v) is 9.06. The van der Waals surface area contributed by atoms with E-state index in [1.807, 2.05) is 0 Å². The van der Waals surface area contributed by atoms with Crippen molar-refractivity contribution in [3.05, 3.63) is 0 Å². The Morgan fingerprint density at radius 1 is 1.24 bits per heavy atom. The van der Waals surface area contributed by atoms with Crippen LogP contribution in [0.25, 0.3) is 0 Å². The number of hydrogen-bond acceptors (Lipinski definition) is 5. The van der Waals surface area contributed by atoms with Crippen LogP contribution >= 0.6 is 11.6 Å². The highest BCUT2D eigenvalue weighted by Gasteiger charge is 2.40. The van der Waals surface area contributed by atoms with Crippen LogP contribution in [0.4, 0.5) is 0 Å². The number of hydrazine groups is 1. The first-order chi connectivity index (χ1) is 10.2. The Bertz CT molecular complexity index is 342. The molecule has 6 atom stereocenters. The molecule has 4 N–H and O–H groups in total. The number of halogens is 1. The first-order valence-electron chi connectivity index (χ1n) is 8.62. The molecule has 0 radical (unpaired) electrons. The second-order valence-corrected chi connectivity index (χ2v) is 7.51. The molecule has 122 valence electrons. The molecule has 0 bridgehead atoms. The van der Waals surface area contributed by atoms with E-state index in [0.717, 1.165) is 19.3 Å². The van der Waals surface area contributed by atoms with Gasteiger partial charge >= 0.3 is 0 Å². The highest BCUT2D eigenvalue weighted by Crippen LogP contribution is 2.25. The lowest BCUT2D eigenvalue weighted by molar-refractivity contribution is 0.0100. The summed E-state index contributed by atoms with van der Waals surface area (Å²) >= 11 is 6.34. The average molecular weight is 316 g/mol. The van der Waals surface area contributed by atoms with Gasteiger partial charge in [0.1, 0.15) is 6.29 Å². The Kier molecular flexibility index (Phi) is 5.41. The molecule has 3 fully saturated rings.